The minimum absolute atomic E-state index is 0.0423. The van der Waals surface area contributed by atoms with E-state index in [1.807, 2.05) is 24.3 Å². The molecule has 0 radical (unpaired) electrons. The first kappa shape index (κ1) is 19.6. The lowest BCUT2D eigenvalue weighted by Crippen LogP contribution is -2.31. The average molecular weight is 365 g/mol. The van der Waals surface area contributed by atoms with Gasteiger partial charge in [0.05, 0.1) is 0 Å². The lowest BCUT2D eigenvalue weighted by molar-refractivity contribution is 0.102. The van der Waals surface area contributed by atoms with Crippen LogP contribution in [-0.2, 0) is 12.8 Å². The summed E-state index contributed by atoms with van der Waals surface area (Å²) in [5, 5.41) is 3.04. The highest BCUT2D eigenvalue weighted by atomic mass is 16.1. The van der Waals surface area contributed by atoms with Crippen molar-refractivity contribution in [1.82, 2.24) is 4.90 Å². The molecule has 3 heteroatoms. The average Bonchev–Trinajstić information content (AvgIpc) is 2.67. The van der Waals surface area contributed by atoms with Gasteiger partial charge in [0.1, 0.15) is 0 Å². The summed E-state index contributed by atoms with van der Waals surface area (Å²) in [5.41, 5.74) is 4.15. The number of benzene rings is 2. The fraction of sp³-hybridized carbons (Fsp3) is 0.458. The van der Waals surface area contributed by atoms with Crippen molar-refractivity contribution >= 4 is 11.6 Å². The van der Waals surface area contributed by atoms with Crippen molar-refractivity contribution in [3.63, 3.8) is 0 Å². The van der Waals surface area contributed by atoms with Crippen molar-refractivity contribution in [2.24, 2.45) is 5.92 Å². The number of carbonyl (C=O) groups excluding carboxylic acids is 1. The molecule has 2 aromatic carbocycles. The minimum Gasteiger partial charge on any atom is -0.322 e. The molecular weight excluding hydrogens is 332 g/mol. The number of hydrogen-bond donors (Lipinski definition) is 1. The first-order valence-electron chi connectivity index (χ1n) is 10.3. The van der Waals surface area contributed by atoms with Crippen molar-refractivity contribution in [1.29, 1.82) is 0 Å². The lowest BCUT2D eigenvalue weighted by Gasteiger charge is -2.26. The fourth-order valence-corrected chi connectivity index (χ4v) is 3.74. The van der Waals surface area contributed by atoms with Crippen LogP contribution >= 0.6 is 0 Å². The summed E-state index contributed by atoms with van der Waals surface area (Å²) in [6.45, 7) is 7.97. The standard InChI is InChI=1S/C24H32N2O/c1-19(2)17-21-9-11-22(12-10-21)24(27)25-23-8-6-7-20(18-23)13-16-26-14-4-3-5-15-26/h6-12,18-19H,3-5,13-17H2,1-2H3,(H,25,27). The Morgan fingerprint density at radius 1 is 1.00 bits per heavy atom. The van der Waals surface area contributed by atoms with E-state index in [1.54, 1.807) is 0 Å². The number of anilines is 1. The predicted molar refractivity (Wildman–Crippen MR) is 113 cm³/mol. The largest absolute Gasteiger partial charge is 0.322 e. The van der Waals surface area contributed by atoms with Gasteiger partial charge in [-0.1, -0.05) is 44.5 Å². The smallest absolute Gasteiger partial charge is 0.255 e. The SMILES string of the molecule is CC(C)Cc1ccc(C(=O)Nc2cccc(CCN3CCCCC3)c2)cc1. The zero-order valence-corrected chi connectivity index (χ0v) is 16.7. The van der Waals surface area contributed by atoms with E-state index >= 15 is 0 Å². The number of amides is 1. The molecule has 1 aliphatic rings. The second-order valence-corrected chi connectivity index (χ2v) is 8.10. The molecule has 27 heavy (non-hydrogen) atoms. The second-order valence-electron chi connectivity index (χ2n) is 8.10. The number of hydrogen-bond acceptors (Lipinski definition) is 2. The number of rotatable bonds is 7. The van der Waals surface area contributed by atoms with Crippen LogP contribution in [0.3, 0.4) is 0 Å². The molecule has 0 atom stereocenters. The molecule has 0 bridgehead atoms. The molecule has 1 saturated heterocycles. The lowest BCUT2D eigenvalue weighted by atomic mass is 10.0. The Kier molecular flexibility index (Phi) is 7.05. The fourth-order valence-electron chi connectivity index (χ4n) is 3.74. The van der Waals surface area contributed by atoms with Crippen molar-refractivity contribution in [2.45, 2.75) is 46.0 Å². The number of piperidine rings is 1. The van der Waals surface area contributed by atoms with E-state index in [2.05, 4.69) is 48.3 Å². The van der Waals surface area contributed by atoms with Crippen LogP contribution in [-0.4, -0.2) is 30.4 Å². The van der Waals surface area contributed by atoms with Crippen LogP contribution in [0.25, 0.3) is 0 Å². The molecule has 0 aliphatic carbocycles. The first-order chi connectivity index (χ1) is 13.1. The van der Waals surface area contributed by atoms with Gasteiger partial charge in [0.2, 0.25) is 0 Å². The molecule has 3 rings (SSSR count). The van der Waals surface area contributed by atoms with E-state index in [9.17, 15) is 4.79 Å². The van der Waals surface area contributed by atoms with Crippen LogP contribution in [0.2, 0.25) is 0 Å². The summed E-state index contributed by atoms with van der Waals surface area (Å²) in [4.78, 5) is 15.1. The van der Waals surface area contributed by atoms with Crippen LogP contribution in [0.15, 0.2) is 48.5 Å². The molecule has 1 N–H and O–H groups in total. The minimum atomic E-state index is -0.0423. The Balaban J connectivity index is 1.55. The predicted octanol–water partition coefficient (Wildman–Crippen LogP) is 5.17. The van der Waals surface area contributed by atoms with Crippen molar-refractivity contribution in [3.8, 4) is 0 Å². The van der Waals surface area contributed by atoms with Gasteiger partial charge < -0.3 is 10.2 Å². The highest BCUT2D eigenvalue weighted by Crippen LogP contribution is 2.16. The molecule has 1 aliphatic heterocycles. The Morgan fingerprint density at radius 2 is 1.74 bits per heavy atom. The topological polar surface area (TPSA) is 32.3 Å². The van der Waals surface area contributed by atoms with Gasteiger partial charge in [-0.05, 0) is 80.1 Å². The molecular formula is C24H32N2O. The zero-order valence-electron chi connectivity index (χ0n) is 16.7. The normalized spacial score (nSPS) is 15.1. The van der Waals surface area contributed by atoms with Crippen molar-refractivity contribution in [2.75, 3.05) is 25.0 Å². The monoisotopic (exact) mass is 364 g/mol. The summed E-state index contributed by atoms with van der Waals surface area (Å²) >= 11 is 0. The number of nitrogens with one attached hydrogen (secondary N) is 1. The summed E-state index contributed by atoms with van der Waals surface area (Å²) < 4.78 is 0. The molecule has 0 unspecified atom stereocenters. The summed E-state index contributed by atoms with van der Waals surface area (Å²) in [6.07, 6.45) is 6.10. The van der Waals surface area contributed by atoms with Gasteiger partial charge >= 0.3 is 0 Å². The molecule has 1 fully saturated rings. The third-order valence-corrected chi connectivity index (χ3v) is 5.21. The van der Waals surface area contributed by atoms with E-state index in [4.69, 9.17) is 0 Å². The maximum atomic E-state index is 12.5. The van der Waals surface area contributed by atoms with Gasteiger partial charge in [0.25, 0.3) is 5.91 Å². The Hall–Kier alpha value is -2.13. The maximum Gasteiger partial charge on any atom is 0.255 e. The van der Waals surface area contributed by atoms with Crippen LogP contribution < -0.4 is 5.32 Å². The van der Waals surface area contributed by atoms with Gasteiger partial charge in [-0.3, -0.25) is 4.79 Å². The molecule has 0 spiro atoms. The maximum absolute atomic E-state index is 12.5. The molecule has 1 amide bonds. The highest BCUT2D eigenvalue weighted by molar-refractivity contribution is 6.04. The molecule has 144 valence electrons. The summed E-state index contributed by atoms with van der Waals surface area (Å²) in [6, 6.07) is 16.2. The van der Waals surface area contributed by atoms with Crippen LogP contribution in [0.1, 0.15) is 54.6 Å². The highest BCUT2D eigenvalue weighted by Gasteiger charge is 2.10. The van der Waals surface area contributed by atoms with Crippen molar-refractivity contribution < 1.29 is 4.79 Å². The zero-order chi connectivity index (χ0) is 19.1. The van der Waals surface area contributed by atoms with E-state index in [0.717, 1.165) is 25.1 Å². The first-order valence-corrected chi connectivity index (χ1v) is 10.3. The molecule has 3 nitrogen and oxygen atoms in total. The Labute approximate surface area is 163 Å². The summed E-state index contributed by atoms with van der Waals surface area (Å²) in [5.74, 6) is 0.580. The van der Waals surface area contributed by atoms with Crippen LogP contribution in [0.5, 0.6) is 0 Å². The number of likely N-dealkylation sites (tertiary alicyclic amines) is 1. The van der Waals surface area contributed by atoms with Gasteiger partial charge in [-0.25, -0.2) is 0 Å². The van der Waals surface area contributed by atoms with Crippen molar-refractivity contribution in [3.05, 3.63) is 65.2 Å². The summed E-state index contributed by atoms with van der Waals surface area (Å²) in [7, 11) is 0. The Morgan fingerprint density at radius 3 is 2.44 bits per heavy atom. The van der Waals surface area contributed by atoms with Gasteiger partial charge in [-0.15, -0.1) is 0 Å². The molecule has 0 aromatic heterocycles. The van der Waals surface area contributed by atoms with Gasteiger partial charge in [0.15, 0.2) is 0 Å². The van der Waals surface area contributed by atoms with Gasteiger partial charge in [-0.2, -0.15) is 0 Å². The van der Waals surface area contributed by atoms with Gasteiger partial charge in [0, 0.05) is 17.8 Å². The molecule has 1 heterocycles. The van der Waals surface area contributed by atoms with E-state index in [0.29, 0.717) is 11.5 Å². The second kappa shape index (κ2) is 9.70. The van der Waals surface area contributed by atoms with E-state index in [1.165, 1.54) is 43.5 Å². The van der Waals surface area contributed by atoms with E-state index < -0.39 is 0 Å². The number of nitrogens with zero attached hydrogens (tertiary/aromatic N) is 1. The third-order valence-electron chi connectivity index (χ3n) is 5.21. The quantitative estimate of drug-likeness (QED) is 0.735. The van der Waals surface area contributed by atoms with E-state index in [-0.39, 0.29) is 5.91 Å². The third kappa shape index (κ3) is 6.21. The van der Waals surface area contributed by atoms with Crippen LogP contribution in [0, 0.1) is 5.92 Å². The van der Waals surface area contributed by atoms with Crippen LogP contribution in [0.4, 0.5) is 5.69 Å². The molecule has 0 saturated carbocycles. The Bertz CT molecular complexity index is 730. The molecule has 2 aromatic rings. The number of carbonyl (C=O) groups is 1.